The predicted molar refractivity (Wildman–Crippen MR) is 184 cm³/mol. The maximum absolute atomic E-state index is 14.1. The SMILES string of the molecule is CCCNC(=O)c1ccc(-c2cc3c(cc2C(=O)Nc2ccc(CNC(=O)OC(C)(C)C)cc2)-c2sccc2CCO3)c(C(=O)OC)n1. The van der Waals surface area contributed by atoms with Gasteiger partial charge < -0.3 is 30.2 Å². The lowest BCUT2D eigenvalue weighted by molar-refractivity contribution is 0.0522. The van der Waals surface area contributed by atoms with Gasteiger partial charge in [0.2, 0.25) is 0 Å². The molecule has 0 atom stereocenters. The number of aromatic nitrogens is 1. The highest BCUT2D eigenvalue weighted by Gasteiger charge is 2.27. The summed E-state index contributed by atoms with van der Waals surface area (Å²) in [6, 6.07) is 15.7. The van der Waals surface area contributed by atoms with Gasteiger partial charge in [0.25, 0.3) is 11.8 Å². The van der Waals surface area contributed by atoms with Gasteiger partial charge in [-0.1, -0.05) is 19.1 Å². The second kappa shape index (κ2) is 14.7. The van der Waals surface area contributed by atoms with Crippen molar-refractivity contribution in [3.05, 3.63) is 88.1 Å². The van der Waals surface area contributed by atoms with Crippen molar-refractivity contribution in [1.29, 1.82) is 0 Å². The summed E-state index contributed by atoms with van der Waals surface area (Å²) in [5.41, 5.74) is 3.51. The normalized spacial score (nSPS) is 12.0. The fourth-order valence-electron chi connectivity index (χ4n) is 5.10. The van der Waals surface area contributed by atoms with Crippen molar-refractivity contribution in [3.63, 3.8) is 0 Å². The van der Waals surface area contributed by atoms with Crippen molar-refractivity contribution < 1.29 is 33.4 Å². The minimum atomic E-state index is -0.756. The quantitative estimate of drug-likeness (QED) is 0.169. The number of nitrogens with one attached hydrogen (secondary N) is 3. The number of methoxy groups -OCH3 is 1. The van der Waals surface area contributed by atoms with Crippen LogP contribution in [0.3, 0.4) is 0 Å². The van der Waals surface area contributed by atoms with Crippen molar-refractivity contribution in [2.45, 2.75) is 52.7 Å². The van der Waals surface area contributed by atoms with Crippen LogP contribution in [0.25, 0.3) is 21.6 Å². The van der Waals surface area contributed by atoms with Gasteiger partial charge in [0.05, 0.1) is 13.7 Å². The lowest BCUT2D eigenvalue weighted by atomic mass is 9.93. The minimum Gasteiger partial charge on any atom is -0.493 e. The smallest absolute Gasteiger partial charge is 0.407 e. The Morgan fingerprint density at radius 1 is 0.938 bits per heavy atom. The van der Waals surface area contributed by atoms with Crippen molar-refractivity contribution in [2.75, 3.05) is 25.6 Å². The number of fused-ring (bicyclic) bond motifs is 3. The minimum absolute atomic E-state index is 0.0501. The number of anilines is 1. The van der Waals surface area contributed by atoms with Gasteiger partial charge in [-0.3, -0.25) is 9.59 Å². The molecule has 0 fully saturated rings. The summed E-state index contributed by atoms with van der Waals surface area (Å²) in [7, 11) is 1.23. The third-order valence-corrected chi connectivity index (χ3v) is 8.35. The predicted octanol–water partition coefficient (Wildman–Crippen LogP) is 6.62. The molecule has 250 valence electrons. The van der Waals surface area contributed by atoms with Crippen LogP contribution in [0.15, 0.2) is 60.0 Å². The van der Waals surface area contributed by atoms with E-state index in [0.717, 1.165) is 28.0 Å². The average molecular weight is 671 g/mol. The van der Waals surface area contributed by atoms with E-state index >= 15 is 0 Å². The Labute approximate surface area is 283 Å². The molecule has 3 amide bonds. The Morgan fingerprint density at radius 3 is 2.42 bits per heavy atom. The fourth-order valence-corrected chi connectivity index (χ4v) is 6.08. The number of hydrogen-bond donors (Lipinski definition) is 3. The van der Waals surface area contributed by atoms with Crippen LogP contribution in [0.2, 0.25) is 0 Å². The molecule has 0 bridgehead atoms. The Balaban J connectivity index is 1.51. The largest absolute Gasteiger partial charge is 0.493 e. The zero-order chi connectivity index (χ0) is 34.4. The Kier molecular flexibility index (Phi) is 10.4. The first kappa shape index (κ1) is 34.1. The summed E-state index contributed by atoms with van der Waals surface area (Å²) in [6.45, 7) is 8.45. The molecule has 0 saturated heterocycles. The van der Waals surface area contributed by atoms with E-state index in [1.807, 2.05) is 18.4 Å². The number of esters is 1. The second-order valence-electron chi connectivity index (χ2n) is 12.1. The van der Waals surface area contributed by atoms with Gasteiger partial charge in [0, 0.05) is 52.3 Å². The molecule has 2 aromatic carbocycles. The number of alkyl carbamates (subject to hydrolysis) is 1. The summed E-state index contributed by atoms with van der Waals surface area (Å²) < 4.78 is 16.5. The highest BCUT2D eigenvalue weighted by molar-refractivity contribution is 7.13. The molecule has 5 rings (SSSR count). The highest BCUT2D eigenvalue weighted by Crippen LogP contribution is 2.43. The third-order valence-electron chi connectivity index (χ3n) is 7.36. The van der Waals surface area contributed by atoms with E-state index in [0.29, 0.717) is 42.1 Å². The average Bonchev–Trinajstić information content (AvgIpc) is 3.46. The van der Waals surface area contributed by atoms with Gasteiger partial charge in [-0.05, 0) is 86.2 Å². The van der Waals surface area contributed by atoms with Gasteiger partial charge in [-0.15, -0.1) is 11.3 Å². The van der Waals surface area contributed by atoms with Crippen molar-refractivity contribution in [1.82, 2.24) is 15.6 Å². The Bertz CT molecular complexity index is 1840. The molecular weight excluding hydrogens is 632 g/mol. The zero-order valence-corrected chi connectivity index (χ0v) is 28.3. The molecule has 0 radical (unpaired) electrons. The summed E-state index contributed by atoms with van der Waals surface area (Å²) in [6.07, 6.45) is 0.915. The molecule has 11 nitrogen and oxygen atoms in total. The van der Waals surface area contributed by atoms with E-state index in [9.17, 15) is 19.2 Å². The molecule has 48 heavy (non-hydrogen) atoms. The van der Waals surface area contributed by atoms with Crippen LogP contribution in [0, 0.1) is 0 Å². The molecule has 3 N–H and O–H groups in total. The topological polar surface area (TPSA) is 145 Å². The number of rotatable bonds is 9. The summed E-state index contributed by atoms with van der Waals surface area (Å²) in [5, 5.41) is 10.5. The Morgan fingerprint density at radius 2 is 1.71 bits per heavy atom. The maximum atomic E-state index is 14.1. The lowest BCUT2D eigenvalue weighted by Crippen LogP contribution is -2.32. The van der Waals surface area contributed by atoms with Crippen molar-refractivity contribution in [2.24, 2.45) is 0 Å². The van der Waals surface area contributed by atoms with E-state index in [2.05, 4.69) is 20.9 Å². The van der Waals surface area contributed by atoms with Crippen LogP contribution in [0.4, 0.5) is 10.5 Å². The van der Waals surface area contributed by atoms with Gasteiger partial charge >= 0.3 is 12.1 Å². The molecule has 1 aliphatic rings. The van der Waals surface area contributed by atoms with Crippen LogP contribution >= 0.6 is 11.3 Å². The first-order valence-electron chi connectivity index (χ1n) is 15.6. The number of thiophene rings is 1. The van der Waals surface area contributed by atoms with Crippen LogP contribution in [-0.4, -0.2) is 54.7 Å². The monoisotopic (exact) mass is 670 g/mol. The summed E-state index contributed by atoms with van der Waals surface area (Å²) in [5.74, 6) is -1.05. The molecule has 4 aromatic rings. The number of carbonyl (C=O) groups is 4. The van der Waals surface area contributed by atoms with Crippen LogP contribution in [-0.2, 0) is 22.4 Å². The van der Waals surface area contributed by atoms with Crippen molar-refractivity contribution >= 4 is 40.9 Å². The van der Waals surface area contributed by atoms with Gasteiger partial charge in [0.15, 0.2) is 5.69 Å². The number of benzene rings is 2. The van der Waals surface area contributed by atoms with E-state index in [-0.39, 0.29) is 23.5 Å². The van der Waals surface area contributed by atoms with E-state index in [1.54, 1.807) is 74.6 Å². The second-order valence-corrected chi connectivity index (χ2v) is 13.0. The highest BCUT2D eigenvalue weighted by atomic mass is 32.1. The molecule has 2 aromatic heterocycles. The van der Waals surface area contributed by atoms with Gasteiger partial charge in [-0.25, -0.2) is 14.6 Å². The molecule has 1 aliphatic heterocycles. The molecule has 12 heteroatoms. The molecule has 0 spiro atoms. The number of hydrogen-bond acceptors (Lipinski definition) is 9. The number of carbonyl (C=O) groups excluding carboxylic acids is 4. The van der Waals surface area contributed by atoms with Gasteiger partial charge in [0.1, 0.15) is 17.0 Å². The van der Waals surface area contributed by atoms with E-state index in [4.69, 9.17) is 14.2 Å². The molecule has 3 heterocycles. The summed E-state index contributed by atoms with van der Waals surface area (Å²) >= 11 is 1.56. The van der Waals surface area contributed by atoms with Crippen molar-refractivity contribution in [3.8, 4) is 27.3 Å². The molecule has 0 saturated carbocycles. The maximum Gasteiger partial charge on any atom is 0.407 e. The number of ether oxygens (including phenoxy) is 3. The Hall–Kier alpha value is -5.23. The van der Waals surface area contributed by atoms with E-state index in [1.165, 1.54) is 13.2 Å². The lowest BCUT2D eigenvalue weighted by Gasteiger charge is -2.19. The number of pyridine rings is 1. The molecular formula is C36H38N4O7S. The van der Waals surface area contributed by atoms with Crippen LogP contribution < -0.4 is 20.7 Å². The number of nitrogens with zero attached hydrogens (tertiary/aromatic N) is 1. The van der Waals surface area contributed by atoms with E-state index < -0.39 is 29.5 Å². The number of amides is 3. The molecule has 0 unspecified atom stereocenters. The standard InChI is InChI=1S/C36H38N4O7S/c1-6-15-37-33(42)28-12-11-24(30(40-28)34(43)45-5)25-19-29-27(31-22(13-16-46-29)14-17-48-31)18-26(25)32(41)39-23-9-7-21(8-10-23)20-38-35(44)47-36(2,3)4/h7-12,14,17-19H,6,13,15-16,20H2,1-5H3,(H,37,42)(H,38,44)(H,39,41). The van der Waals surface area contributed by atoms with Gasteiger partial charge in [-0.2, -0.15) is 0 Å². The zero-order valence-electron chi connectivity index (χ0n) is 27.5. The molecule has 0 aliphatic carbocycles. The van der Waals surface area contributed by atoms with Crippen LogP contribution in [0.5, 0.6) is 5.75 Å². The first-order valence-corrected chi connectivity index (χ1v) is 16.5. The third kappa shape index (κ3) is 8.00. The fraction of sp³-hybridized carbons (Fsp3) is 0.306. The van der Waals surface area contributed by atoms with Crippen LogP contribution in [0.1, 0.15) is 76.6 Å². The first-order chi connectivity index (χ1) is 23.0. The summed E-state index contributed by atoms with van der Waals surface area (Å²) in [4.78, 5) is 57.3.